The van der Waals surface area contributed by atoms with Crippen molar-refractivity contribution in [1.82, 2.24) is 13.9 Å². The van der Waals surface area contributed by atoms with Gasteiger partial charge >= 0.3 is 0 Å². The van der Waals surface area contributed by atoms with E-state index in [-0.39, 0.29) is 10.8 Å². The molecule has 0 spiro atoms. The zero-order valence-corrected chi connectivity index (χ0v) is 18.7. The number of benzene rings is 2. The van der Waals surface area contributed by atoms with Crippen LogP contribution in [0.15, 0.2) is 60.0 Å². The van der Waals surface area contributed by atoms with E-state index < -0.39 is 10.0 Å². The number of amides is 1. The normalized spacial score (nSPS) is 15.0. The molecule has 0 atom stereocenters. The van der Waals surface area contributed by atoms with Gasteiger partial charge in [0, 0.05) is 36.7 Å². The quantitative estimate of drug-likeness (QED) is 0.619. The summed E-state index contributed by atoms with van der Waals surface area (Å²) in [6, 6.07) is 9.86. The summed E-state index contributed by atoms with van der Waals surface area (Å²) in [6.45, 7) is 2.81. The lowest BCUT2D eigenvalue weighted by atomic mass is 10.1. The molecular formula is C22H23ClN4O3S. The van der Waals surface area contributed by atoms with Crippen LogP contribution in [-0.2, 0) is 10.0 Å². The van der Waals surface area contributed by atoms with Crippen molar-refractivity contribution in [2.75, 3.05) is 18.4 Å². The standard InChI is InChI=1S/C22H23ClN4O3S/c1-16-5-7-18(31(29,30)27-10-3-2-4-11-27)14-19(16)22(28)25-17-6-8-21(20(23)13-17)26-12-9-24-15-26/h5-9,12-15H,2-4,10-11H2,1H3,(H,25,28). The van der Waals surface area contributed by atoms with Gasteiger partial charge in [-0.05, 0) is 55.7 Å². The molecule has 0 aliphatic carbocycles. The maximum Gasteiger partial charge on any atom is 0.255 e. The Morgan fingerprint density at radius 1 is 1.10 bits per heavy atom. The second-order valence-corrected chi connectivity index (χ2v) is 9.88. The Balaban J connectivity index is 1.57. The summed E-state index contributed by atoms with van der Waals surface area (Å²) in [6.07, 6.45) is 7.81. The maximum atomic E-state index is 13.0. The Morgan fingerprint density at radius 2 is 1.87 bits per heavy atom. The second kappa shape index (κ2) is 8.82. The highest BCUT2D eigenvalue weighted by atomic mass is 35.5. The number of halogens is 1. The Morgan fingerprint density at radius 3 is 2.55 bits per heavy atom. The van der Waals surface area contributed by atoms with Crippen LogP contribution in [0.3, 0.4) is 0 Å². The fraction of sp³-hybridized carbons (Fsp3) is 0.273. The van der Waals surface area contributed by atoms with Crippen LogP contribution in [-0.4, -0.2) is 41.3 Å². The van der Waals surface area contributed by atoms with Crippen molar-refractivity contribution in [3.63, 3.8) is 0 Å². The van der Waals surface area contributed by atoms with Crippen LogP contribution >= 0.6 is 11.6 Å². The first kappa shape index (κ1) is 21.5. The van der Waals surface area contributed by atoms with E-state index in [9.17, 15) is 13.2 Å². The summed E-state index contributed by atoms with van der Waals surface area (Å²) in [4.78, 5) is 17.1. The molecule has 1 N–H and O–H groups in total. The third kappa shape index (κ3) is 4.51. The van der Waals surface area contributed by atoms with Gasteiger partial charge in [0.05, 0.1) is 21.9 Å². The number of sulfonamides is 1. The first-order valence-corrected chi connectivity index (χ1v) is 11.9. The molecule has 9 heteroatoms. The number of carbonyl (C=O) groups excluding carboxylic acids is 1. The van der Waals surface area contributed by atoms with Crippen molar-refractivity contribution >= 4 is 33.2 Å². The molecule has 0 unspecified atom stereocenters. The second-order valence-electron chi connectivity index (χ2n) is 7.53. The van der Waals surface area contributed by atoms with Gasteiger partial charge in [-0.1, -0.05) is 24.1 Å². The Hall–Kier alpha value is -2.68. The number of piperidine rings is 1. The fourth-order valence-electron chi connectivity index (χ4n) is 3.65. The molecule has 1 amide bonds. The first-order valence-electron chi connectivity index (χ1n) is 10.1. The van der Waals surface area contributed by atoms with Gasteiger partial charge in [-0.2, -0.15) is 4.31 Å². The van der Waals surface area contributed by atoms with Crippen LogP contribution < -0.4 is 5.32 Å². The van der Waals surface area contributed by atoms with E-state index >= 15 is 0 Å². The number of nitrogens with one attached hydrogen (secondary N) is 1. The van der Waals surface area contributed by atoms with Gasteiger partial charge < -0.3 is 9.88 Å². The average Bonchev–Trinajstić information content (AvgIpc) is 3.29. The van der Waals surface area contributed by atoms with Gasteiger partial charge in [0.1, 0.15) is 0 Å². The number of hydrogen-bond donors (Lipinski definition) is 1. The van der Waals surface area contributed by atoms with Crippen LogP contribution in [0.25, 0.3) is 5.69 Å². The predicted octanol–water partition coefficient (Wildman–Crippen LogP) is 4.26. The maximum absolute atomic E-state index is 13.0. The Labute approximate surface area is 186 Å². The van der Waals surface area contributed by atoms with Crippen molar-refractivity contribution in [3.05, 3.63) is 71.3 Å². The summed E-state index contributed by atoms with van der Waals surface area (Å²) in [5, 5.41) is 3.27. The van der Waals surface area contributed by atoms with Crippen LogP contribution in [0.2, 0.25) is 5.02 Å². The van der Waals surface area contributed by atoms with Crippen LogP contribution in [0.4, 0.5) is 5.69 Å². The van der Waals surface area contributed by atoms with Crippen LogP contribution in [0.1, 0.15) is 35.2 Å². The van der Waals surface area contributed by atoms with Crippen molar-refractivity contribution in [3.8, 4) is 5.69 Å². The molecule has 0 radical (unpaired) electrons. The number of rotatable bonds is 5. The monoisotopic (exact) mass is 458 g/mol. The highest BCUT2D eigenvalue weighted by molar-refractivity contribution is 7.89. The van der Waals surface area contributed by atoms with Gasteiger partial charge in [0.15, 0.2) is 0 Å². The highest BCUT2D eigenvalue weighted by Gasteiger charge is 2.27. The van der Waals surface area contributed by atoms with Gasteiger partial charge in [-0.25, -0.2) is 13.4 Å². The first-order chi connectivity index (χ1) is 14.9. The number of aromatic nitrogens is 2. The summed E-state index contributed by atoms with van der Waals surface area (Å²) >= 11 is 6.37. The molecule has 2 aromatic carbocycles. The molecule has 1 aliphatic heterocycles. The van der Waals surface area contributed by atoms with E-state index in [2.05, 4.69) is 10.3 Å². The predicted molar refractivity (Wildman–Crippen MR) is 120 cm³/mol. The zero-order valence-electron chi connectivity index (χ0n) is 17.1. The number of anilines is 1. The molecule has 7 nitrogen and oxygen atoms in total. The van der Waals surface area contributed by atoms with Gasteiger partial charge in [-0.3, -0.25) is 4.79 Å². The molecule has 1 aliphatic rings. The number of nitrogens with zero attached hydrogens (tertiary/aromatic N) is 3. The topological polar surface area (TPSA) is 84.3 Å². The lowest BCUT2D eigenvalue weighted by Gasteiger charge is -2.26. The Bertz CT molecular complexity index is 1200. The summed E-state index contributed by atoms with van der Waals surface area (Å²) in [5.74, 6) is -0.389. The number of imidazole rings is 1. The lowest BCUT2D eigenvalue weighted by molar-refractivity contribution is 0.102. The van der Waals surface area contributed by atoms with Crippen molar-refractivity contribution < 1.29 is 13.2 Å². The molecule has 31 heavy (non-hydrogen) atoms. The molecule has 0 bridgehead atoms. The third-order valence-electron chi connectivity index (χ3n) is 5.39. The minimum Gasteiger partial charge on any atom is -0.322 e. The summed E-state index contributed by atoms with van der Waals surface area (Å²) in [5.41, 5.74) is 2.26. The fourth-order valence-corrected chi connectivity index (χ4v) is 5.48. The molecular weight excluding hydrogens is 436 g/mol. The van der Waals surface area contributed by atoms with E-state index in [4.69, 9.17) is 11.6 Å². The van der Waals surface area contributed by atoms with E-state index in [0.29, 0.717) is 34.9 Å². The zero-order chi connectivity index (χ0) is 22.0. The molecule has 3 aromatic rings. The van der Waals surface area contributed by atoms with Crippen molar-refractivity contribution in [1.29, 1.82) is 0 Å². The van der Waals surface area contributed by atoms with Crippen LogP contribution in [0, 0.1) is 6.92 Å². The third-order valence-corrected chi connectivity index (χ3v) is 7.59. The summed E-state index contributed by atoms with van der Waals surface area (Å²) in [7, 11) is -3.62. The highest BCUT2D eigenvalue weighted by Crippen LogP contribution is 2.26. The Kier molecular flexibility index (Phi) is 6.13. The van der Waals surface area contributed by atoms with Gasteiger partial charge in [-0.15, -0.1) is 0 Å². The van der Waals surface area contributed by atoms with E-state index in [1.807, 2.05) is 0 Å². The van der Waals surface area contributed by atoms with Gasteiger partial charge in [0.2, 0.25) is 10.0 Å². The molecule has 2 heterocycles. The molecule has 1 fully saturated rings. The minimum absolute atomic E-state index is 0.138. The van der Waals surface area contributed by atoms with Gasteiger partial charge in [0.25, 0.3) is 5.91 Å². The smallest absolute Gasteiger partial charge is 0.255 e. The molecule has 4 rings (SSSR count). The van der Waals surface area contributed by atoms with E-state index in [1.165, 1.54) is 10.4 Å². The molecule has 1 saturated heterocycles. The molecule has 162 valence electrons. The van der Waals surface area contributed by atoms with E-state index in [1.54, 1.807) is 60.5 Å². The van der Waals surface area contributed by atoms with Crippen molar-refractivity contribution in [2.24, 2.45) is 0 Å². The number of aryl methyl sites for hydroxylation is 1. The number of hydrogen-bond acceptors (Lipinski definition) is 4. The SMILES string of the molecule is Cc1ccc(S(=O)(=O)N2CCCCC2)cc1C(=O)Nc1ccc(-n2ccnc2)c(Cl)c1. The van der Waals surface area contributed by atoms with E-state index in [0.717, 1.165) is 24.9 Å². The minimum atomic E-state index is -3.62. The average molecular weight is 459 g/mol. The van der Waals surface area contributed by atoms with Crippen molar-refractivity contribution in [2.45, 2.75) is 31.1 Å². The largest absolute Gasteiger partial charge is 0.322 e. The number of carbonyl (C=O) groups is 1. The molecule has 0 saturated carbocycles. The summed E-state index contributed by atoms with van der Waals surface area (Å²) < 4.78 is 29.3. The van der Waals surface area contributed by atoms with Crippen LogP contribution in [0.5, 0.6) is 0 Å². The lowest BCUT2D eigenvalue weighted by Crippen LogP contribution is -2.35. The molecule has 1 aromatic heterocycles.